The van der Waals surface area contributed by atoms with Crippen LogP contribution in [0.2, 0.25) is 0 Å². The van der Waals surface area contributed by atoms with Crippen LogP contribution in [0, 0.1) is 0 Å². The Bertz CT molecular complexity index is 355. The zero-order chi connectivity index (χ0) is 13.4. The highest BCUT2D eigenvalue weighted by atomic mass is 19.4. The second kappa shape index (κ2) is 7.10. The summed E-state index contributed by atoms with van der Waals surface area (Å²) in [5.41, 5.74) is 0.567. The molecule has 0 radical (unpaired) electrons. The molecule has 0 aliphatic heterocycles. The van der Waals surface area contributed by atoms with Gasteiger partial charge in [-0.05, 0) is 18.6 Å². The van der Waals surface area contributed by atoms with Crippen LogP contribution < -0.4 is 10.1 Å². The van der Waals surface area contributed by atoms with Crippen molar-refractivity contribution in [2.75, 3.05) is 25.1 Å². The number of rotatable bonds is 7. The minimum absolute atomic E-state index is 0.234. The van der Waals surface area contributed by atoms with Crippen molar-refractivity contribution in [3.05, 3.63) is 24.3 Å². The molecule has 0 unspecified atom stereocenters. The maximum absolute atomic E-state index is 12.0. The van der Waals surface area contributed by atoms with Gasteiger partial charge in [-0.1, -0.05) is 13.0 Å². The normalized spacial score (nSPS) is 11.3. The lowest BCUT2D eigenvalue weighted by atomic mass is 10.3. The molecule has 1 aromatic rings. The van der Waals surface area contributed by atoms with Gasteiger partial charge in [0.1, 0.15) is 5.75 Å². The number of ether oxygens (including phenoxy) is 2. The van der Waals surface area contributed by atoms with Crippen molar-refractivity contribution in [2.24, 2.45) is 0 Å². The van der Waals surface area contributed by atoms with Crippen LogP contribution in [0.15, 0.2) is 24.3 Å². The van der Waals surface area contributed by atoms with E-state index in [1.165, 1.54) is 18.2 Å². The molecule has 0 aliphatic rings. The first kappa shape index (κ1) is 14.6. The van der Waals surface area contributed by atoms with Gasteiger partial charge < -0.3 is 14.8 Å². The smallest absolute Gasteiger partial charge is 0.406 e. The summed E-state index contributed by atoms with van der Waals surface area (Å²) in [5, 5.41) is 2.96. The van der Waals surface area contributed by atoms with Gasteiger partial charge in [0.2, 0.25) is 0 Å². The van der Waals surface area contributed by atoms with Gasteiger partial charge in [0.15, 0.2) is 0 Å². The molecule has 0 heterocycles. The van der Waals surface area contributed by atoms with Gasteiger partial charge in [0.25, 0.3) is 0 Å². The van der Waals surface area contributed by atoms with Crippen LogP contribution >= 0.6 is 0 Å². The summed E-state index contributed by atoms with van der Waals surface area (Å²) in [6, 6.07) is 5.72. The van der Waals surface area contributed by atoms with Crippen molar-refractivity contribution in [3.63, 3.8) is 0 Å². The van der Waals surface area contributed by atoms with E-state index >= 15 is 0 Å². The Morgan fingerprint density at radius 1 is 1.22 bits per heavy atom. The topological polar surface area (TPSA) is 30.5 Å². The monoisotopic (exact) mass is 263 g/mol. The first-order chi connectivity index (χ1) is 8.51. The Labute approximate surface area is 104 Å². The second-order valence-electron chi connectivity index (χ2n) is 3.61. The lowest BCUT2D eigenvalue weighted by Crippen LogP contribution is -2.17. The Morgan fingerprint density at radius 2 is 2.00 bits per heavy atom. The molecule has 0 amide bonds. The largest absolute Gasteiger partial charge is 0.573 e. The van der Waals surface area contributed by atoms with E-state index in [2.05, 4.69) is 10.1 Å². The van der Waals surface area contributed by atoms with E-state index < -0.39 is 6.36 Å². The van der Waals surface area contributed by atoms with Crippen molar-refractivity contribution in [2.45, 2.75) is 19.7 Å². The van der Waals surface area contributed by atoms with E-state index in [-0.39, 0.29) is 5.75 Å². The van der Waals surface area contributed by atoms with Crippen molar-refractivity contribution in [1.82, 2.24) is 0 Å². The molecule has 0 fully saturated rings. The Morgan fingerprint density at radius 3 is 2.67 bits per heavy atom. The van der Waals surface area contributed by atoms with Gasteiger partial charge in [-0.2, -0.15) is 0 Å². The zero-order valence-corrected chi connectivity index (χ0v) is 10.1. The van der Waals surface area contributed by atoms with Gasteiger partial charge in [-0.3, -0.25) is 0 Å². The maximum Gasteiger partial charge on any atom is 0.573 e. The van der Waals surface area contributed by atoms with E-state index in [4.69, 9.17) is 4.74 Å². The third-order valence-corrected chi connectivity index (χ3v) is 1.99. The molecular formula is C12H16F3NO2. The molecule has 0 bridgehead atoms. The summed E-state index contributed by atoms with van der Waals surface area (Å²) >= 11 is 0. The molecule has 18 heavy (non-hydrogen) atoms. The number of hydrogen-bond acceptors (Lipinski definition) is 3. The van der Waals surface area contributed by atoms with E-state index in [1.807, 2.05) is 6.92 Å². The van der Waals surface area contributed by atoms with Crippen LogP contribution in [0.4, 0.5) is 18.9 Å². The molecule has 0 atom stereocenters. The van der Waals surface area contributed by atoms with E-state index in [9.17, 15) is 13.2 Å². The fraction of sp³-hybridized carbons (Fsp3) is 0.500. The lowest BCUT2D eigenvalue weighted by Gasteiger charge is -2.11. The van der Waals surface area contributed by atoms with Gasteiger partial charge in [-0.15, -0.1) is 13.2 Å². The molecule has 1 aromatic carbocycles. The average molecular weight is 263 g/mol. The summed E-state index contributed by atoms with van der Waals surface area (Å²) in [6.07, 6.45) is -3.72. The SMILES string of the molecule is CCCOCCNc1cccc(OC(F)(F)F)c1. The fourth-order valence-corrected chi connectivity index (χ4v) is 1.32. The highest BCUT2D eigenvalue weighted by molar-refractivity contribution is 5.48. The van der Waals surface area contributed by atoms with Crippen molar-refractivity contribution >= 4 is 5.69 Å². The van der Waals surface area contributed by atoms with Crippen LogP contribution in [-0.4, -0.2) is 26.1 Å². The maximum atomic E-state index is 12.0. The molecule has 6 heteroatoms. The number of halogens is 3. The lowest BCUT2D eigenvalue weighted by molar-refractivity contribution is -0.274. The number of alkyl halides is 3. The van der Waals surface area contributed by atoms with E-state index in [1.54, 1.807) is 6.07 Å². The summed E-state index contributed by atoms with van der Waals surface area (Å²) in [7, 11) is 0. The molecule has 0 saturated carbocycles. The van der Waals surface area contributed by atoms with E-state index in [0.29, 0.717) is 25.4 Å². The summed E-state index contributed by atoms with van der Waals surface area (Å²) in [6.45, 7) is 3.73. The standard InChI is InChI=1S/C12H16F3NO2/c1-2-7-17-8-6-16-10-4-3-5-11(9-10)18-12(13,14)15/h3-5,9,16H,2,6-8H2,1H3. The first-order valence-corrected chi connectivity index (χ1v) is 5.68. The van der Waals surface area contributed by atoms with Crippen LogP contribution in [0.1, 0.15) is 13.3 Å². The van der Waals surface area contributed by atoms with Gasteiger partial charge in [0.05, 0.1) is 6.61 Å². The van der Waals surface area contributed by atoms with Crippen molar-refractivity contribution in [3.8, 4) is 5.75 Å². The number of benzene rings is 1. The molecule has 1 N–H and O–H groups in total. The summed E-state index contributed by atoms with van der Waals surface area (Å²) in [4.78, 5) is 0. The predicted molar refractivity (Wildman–Crippen MR) is 62.7 cm³/mol. The molecular weight excluding hydrogens is 247 g/mol. The molecule has 0 aliphatic carbocycles. The van der Waals surface area contributed by atoms with Crippen molar-refractivity contribution < 1.29 is 22.6 Å². The Hall–Kier alpha value is -1.43. The minimum Gasteiger partial charge on any atom is -0.406 e. The first-order valence-electron chi connectivity index (χ1n) is 5.68. The van der Waals surface area contributed by atoms with Crippen LogP contribution in [-0.2, 0) is 4.74 Å². The van der Waals surface area contributed by atoms with E-state index in [0.717, 1.165) is 6.42 Å². The Kier molecular flexibility index (Phi) is 5.77. The predicted octanol–water partition coefficient (Wildman–Crippen LogP) is 3.42. The minimum atomic E-state index is -4.66. The third-order valence-electron chi connectivity index (χ3n) is 1.99. The molecule has 0 saturated heterocycles. The van der Waals surface area contributed by atoms with Crippen LogP contribution in [0.25, 0.3) is 0 Å². The highest BCUT2D eigenvalue weighted by Gasteiger charge is 2.31. The van der Waals surface area contributed by atoms with Crippen molar-refractivity contribution in [1.29, 1.82) is 0 Å². The van der Waals surface area contributed by atoms with Crippen LogP contribution in [0.3, 0.4) is 0 Å². The summed E-state index contributed by atoms with van der Waals surface area (Å²) < 4.78 is 45.1. The quantitative estimate of drug-likeness (QED) is 0.764. The molecule has 102 valence electrons. The summed E-state index contributed by atoms with van der Waals surface area (Å²) in [5.74, 6) is -0.234. The number of anilines is 1. The second-order valence-corrected chi connectivity index (χ2v) is 3.61. The average Bonchev–Trinajstić information content (AvgIpc) is 2.27. The fourth-order valence-electron chi connectivity index (χ4n) is 1.32. The number of hydrogen-bond donors (Lipinski definition) is 1. The van der Waals surface area contributed by atoms with Crippen LogP contribution in [0.5, 0.6) is 5.75 Å². The molecule has 0 spiro atoms. The Balaban J connectivity index is 2.40. The zero-order valence-electron chi connectivity index (χ0n) is 10.1. The third kappa shape index (κ3) is 6.34. The molecule has 0 aromatic heterocycles. The van der Waals surface area contributed by atoms with Gasteiger partial charge in [0, 0.05) is 24.9 Å². The highest BCUT2D eigenvalue weighted by Crippen LogP contribution is 2.24. The number of nitrogens with one attached hydrogen (secondary N) is 1. The molecule has 1 rings (SSSR count). The molecule has 3 nitrogen and oxygen atoms in total. The van der Waals surface area contributed by atoms with Gasteiger partial charge in [-0.25, -0.2) is 0 Å². The van der Waals surface area contributed by atoms with Gasteiger partial charge >= 0.3 is 6.36 Å².